The molecule has 2 N–H and O–H groups in total. The summed E-state index contributed by atoms with van der Waals surface area (Å²) in [5.41, 5.74) is 6.72. The zero-order valence-electron chi connectivity index (χ0n) is 7.70. The van der Waals surface area contributed by atoms with Crippen LogP contribution in [0.25, 0.3) is 0 Å². The summed E-state index contributed by atoms with van der Waals surface area (Å²) in [5, 5.41) is 0. The fourth-order valence-electron chi connectivity index (χ4n) is 1.57. The molecule has 1 aliphatic carbocycles. The van der Waals surface area contributed by atoms with E-state index < -0.39 is 0 Å². The number of nitrogens with two attached hydrogens (primary N) is 1. The molecule has 2 aliphatic rings. The molecule has 0 aromatic rings. The Labute approximate surface area is 76.4 Å². The second kappa shape index (κ2) is 2.42. The average molecular weight is 180 g/mol. The van der Waals surface area contributed by atoms with Crippen molar-refractivity contribution >= 4 is 11.8 Å². The summed E-state index contributed by atoms with van der Waals surface area (Å²) in [6, 6.07) is -0.0565. The van der Waals surface area contributed by atoms with Gasteiger partial charge in [0.2, 0.25) is 0 Å². The predicted octanol–water partition coefficient (Wildman–Crippen LogP) is -0.209. The Morgan fingerprint density at radius 2 is 1.62 bits per heavy atom. The summed E-state index contributed by atoms with van der Waals surface area (Å²) in [7, 11) is 0. The Balaban J connectivity index is 2.27. The van der Waals surface area contributed by atoms with E-state index in [1.165, 1.54) is 4.90 Å². The van der Waals surface area contributed by atoms with Crippen LogP contribution in [0, 0.1) is 0 Å². The molecule has 0 aromatic heterocycles. The predicted molar refractivity (Wildman–Crippen MR) is 46.6 cm³/mol. The van der Waals surface area contributed by atoms with E-state index in [1.54, 1.807) is 13.8 Å². The molecule has 1 fully saturated rings. The van der Waals surface area contributed by atoms with E-state index in [1.807, 2.05) is 0 Å². The molecule has 13 heavy (non-hydrogen) atoms. The van der Waals surface area contributed by atoms with E-state index in [-0.39, 0.29) is 23.9 Å². The van der Waals surface area contributed by atoms with Crippen molar-refractivity contribution in [1.82, 2.24) is 4.90 Å². The molecule has 0 spiro atoms. The van der Waals surface area contributed by atoms with Crippen molar-refractivity contribution in [2.24, 2.45) is 5.73 Å². The molecule has 2 rings (SSSR count). The minimum Gasteiger partial charge on any atom is -0.326 e. The van der Waals surface area contributed by atoms with Crippen molar-refractivity contribution in [3.05, 3.63) is 11.1 Å². The van der Waals surface area contributed by atoms with Crippen LogP contribution in [0.15, 0.2) is 11.1 Å². The third-order valence-electron chi connectivity index (χ3n) is 2.78. The molecule has 0 bridgehead atoms. The van der Waals surface area contributed by atoms with Gasteiger partial charge in [-0.1, -0.05) is 0 Å². The van der Waals surface area contributed by atoms with Crippen LogP contribution in [0.3, 0.4) is 0 Å². The van der Waals surface area contributed by atoms with Gasteiger partial charge in [0.15, 0.2) is 0 Å². The monoisotopic (exact) mass is 180 g/mol. The van der Waals surface area contributed by atoms with E-state index in [0.29, 0.717) is 11.1 Å². The van der Waals surface area contributed by atoms with Gasteiger partial charge in [0.25, 0.3) is 11.8 Å². The topological polar surface area (TPSA) is 63.4 Å². The average Bonchev–Trinajstić information content (AvgIpc) is 2.75. The SMILES string of the molecule is CC1=C(C)C(=O)N(C2CC2N)C1=O. The van der Waals surface area contributed by atoms with Crippen molar-refractivity contribution in [2.45, 2.75) is 32.4 Å². The normalized spacial score (nSPS) is 33.3. The second-order valence-corrected chi connectivity index (χ2v) is 3.70. The minimum absolute atomic E-state index is 0.00778. The van der Waals surface area contributed by atoms with Crippen LogP contribution < -0.4 is 5.73 Å². The molecule has 2 amide bonds. The fourth-order valence-corrected chi connectivity index (χ4v) is 1.57. The van der Waals surface area contributed by atoms with Crippen LogP contribution in [-0.2, 0) is 9.59 Å². The Morgan fingerprint density at radius 3 is 1.92 bits per heavy atom. The van der Waals surface area contributed by atoms with Gasteiger partial charge in [-0.25, -0.2) is 0 Å². The molecule has 0 radical (unpaired) electrons. The first-order chi connectivity index (χ1) is 6.04. The third-order valence-corrected chi connectivity index (χ3v) is 2.78. The van der Waals surface area contributed by atoms with Gasteiger partial charge in [0, 0.05) is 17.2 Å². The van der Waals surface area contributed by atoms with Crippen molar-refractivity contribution in [3.63, 3.8) is 0 Å². The number of nitrogens with zero attached hydrogens (tertiary/aromatic N) is 1. The smallest absolute Gasteiger partial charge is 0.257 e. The Bertz CT molecular complexity index is 309. The number of imide groups is 1. The molecule has 0 saturated heterocycles. The van der Waals surface area contributed by atoms with Crippen molar-refractivity contribution in [2.75, 3.05) is 0 Å². The van der Waals surface area contributed by atoms with Gasteiger partial charge in [-0.3, -0.25) is 14.5 Å². The van der Waals surface area contributed by atoms with Crippen LogP contribution in [-0.4, -0.2) is 28.8 Å². The first-order valence-corrected chi connectivity index (χ1v) is 4.35. The lowest BCUT2D eigenvalue weighted by Gasteiger charge is -2.13. The number of rotatable bonds is 1. The van der Waals surface area contributed by atoms with Gasteiger partial charge in [0.05, 0.1) is 6.04 Å². The molecular formula is C9H12N2O2. The van der Waals surface area contributed by atoms with Gasteiger partial charge in [-0.15, -0.1) is 0 Å². The lowest BCUT2D eigenvalue weighted by Crippen LogP contribution is -2.36. The summed E-state index contributed by atoms with van der Waals surface area (Å²) in [5.74, 6) is -0.332. The molecule has 1 heterocycles. The lowest BCUT2D eigenvalue weighted by molar-refractivity contribution is -0.138. The highest BCUT2D eigenvalue weighted by Crippen LogP contribution is 2.32. The highest BCUT2D eigenvalue weighted by atomic mass is 16.2. The maximum atomic E-state index is 11.5. The highest BCUT2D eigenvalue weighted by molar-refractivity contribution is 6.19. The summed E-state index contributed by atoms with van der Waals surface area (Å²) in [4.78, 5) is 24.4. The summed E-state index contributed by atoms with van der Waals surface area (Å²) in [6.45, 7) is 3.37. The maximum Gasteiger partial charge on any atom is 0.257 e. The number of carbonyl (C=O) groups is 2. The van der Waals surface area contributed by atoms with Crippen LogP contribution in [0.4, 0.5) is 0 Å². The zero-order chi connectivity index (χ0) is 9.75. The van der Waals surface area contributed by atoms with Crippen molar-refractivity contribution in [1.29, 1.82) is 0 Å². The number of amides is 2. The maximum absolute atomic E-state index is 11.5. The van der Waals surface area contributed by atoms with Gasteiger partial charge >= 0.3 is 0 Å². The molecule has 4 heteroatoms. The van der Waals surface area contributed by atoms with Gasteiger partial charge < -0.3 is 5.73 Å². The summed E-state index contributed by atoms with van der Waals surface area (Å²) >= 11 is 0. The van der Waals surface area contributed by atoms with Gasteiger partial charge in [-0.05, 0) is 20.3 Å². The molecular weight excluding hydrogens is 168 g/mol. The van der Waals surface area contributed by atoms with E-state index in [4.69, 9.17) is 5.73 Å². The molecule has 0 aromatic carbocycles. The number of hydrogen-bond acceptors (Lipinski definition) is 3. The largest absolute Gasteiger partial charge is 0.326 e. The second-order valence-electron chi connectivity index (χ2n) is 3.70. The van der Waals surface area contributed by atoms with Gasteiger partial charge in [-0.2, -0.15) is 0 Å². The molecule has 1 aliphatic heterocycles. The highest BCUT2D eigenvalue weighted by Gasteiger charge is 2.48. The molecule has 70 valence electrons. The van der Waals surface area contributed by atoms with Crippen molar-refractivity contribution < 1.29 is 9.59 Å². The zero-order valence-corrected chi connectivity index (χ0v) is 7.70. The Hall–Kier alpha value is -1.16. The standard InChI is InChI=1S/C9H12N2O2/c1-4-5(2)9(13)11(8(4)12)7-3-6(7)10/h6-7H,3,10H2,1-2H3. The summed E-state index contributed by atoms with van der Waals surface area (Å²) in [6.07, 6.45) is 0.748. The van der Waals surface area contributed by atoms with E-state index in [9.17, 15) is 9.59 Å². The number of hydrogen-bond donors (Lipinski definition) is 1. The Kier molecular flexibility index (Phi) is 1.57. The van der Waals surface area contributed by atoms with Crippen LogP contribution in [0.5, 0.6) is 0 Å². The minimum atomic E-state index is -0.166. The summed E-state index contributed by atoms with van der Waals surface area (Å²) < 4.78 is 0. The van der Waals surface area contributed by atoms with Crippen LogP contribution >= 0.6 is 0 Å². The lowest BCUT2D eigenvalue weighted by atomic mass is 10.2. The number of carbonyl (C=O) groups excluding carboxylic acids is 2. The van der Waals surface area contributed by atoms with E-state index >= 15 is 0 Å². The van der Waals surface area contributed by atoms with Gasteiger partial charge in [0.1, 0.15) is 0 Å². The fraction of sp³-hybridized carbons (Fsp3) is 0.556. The van der Waals surface area contributed by atoms with Crippen LogP contribution in [0.2, 0.25) is 0 Å². The Morgan fingerprint density at radius 1 is 1.23 bits per heavy atom. The first kappa shape index (κ1) is 8.44. The van der Waals surface area contributed by atoms with E-state index in [0.717, 1.165) is 6.42 Å². The molecule has 2 atom stereocenters. The molecule has 2 unspecified atom stereocenters. The first-order valence-electron chi connectivity index (χ1n) is 4.35. The van der Waals surface area contributed by atoms with Crippen LogP contribution in [0.1, 0.15) is 20.3 Å². The van der Waals surface area contributed by atoms with E-state index in [2.05, 4.69) is 0 Å². The quantitative estimate of drug-likeness (QED) is 0.568. The third kappa shape index (κ3) is 1.02. The van der Waals surface area contributed by atoms with Crippen molar-refractivity contribution in [3.8, 4) is 0 Å². The molecule has 4 nitrogen and oxygen atoms in total. The molecule has 1 saturated carbocycles.